The van der Waals surface area contributed by atoms with Crippen LogP contribution < -0.4 is 10.1 Å². The molecular weight excluding hydrogens is 355 g/mol. The molecule has 1 aromatic carbocycles. The maximum atomic E-state index is 13.3. The van der Waals surface area contributed by atoms with Crippen molar-refractivity contribution in [2.45, 2.75) is 18.9 Å². The van der Waals surface area contributed by atoms with Gasteiger partial charge in [-0.25, -0.2) is 9.18 Å². The van der Waals surface area contributed by atoms with Crippen LogP contribution in [0.4, 0.5) is 9.18 Å². The molecule has 0 bridgehead atoms. The monoisotopic (exact) mass is 372 g/mol. The highest BCUT2D eigenvalue weighted by Gasteiger charge is 2.25. The molecule has 7 nitrogen and oxygen atoms in total. The SMILES string of the molecule is O=CCOC(=O)N1CCC[C@H](NC(=O)COc2ccc(Cl)c(F)c2)C1. The molecule has 0 aliphatic carbocycles. The second-order valence-electron chi connectivity index (χ2n) is 5.46. The van der Waals surface area contributed by atoms with Crippen LogP contribution in [0.2, 0.25) is 5.02 Å². The first-order chi connectivity index (χ1) is 12.0. The van der Waals surface area contributed by atoms with Crippen LogP contribution in [0.15, 0.2) is 18.2 Å². The van der Waals surface area contributed by atoms with Gasteiger partial charge in [-0.15, -0.1) is 0 Å². The Balaban J connectivity index is 1.78. The third-order valence-corrected chi connectivity index (χ3v) is 3.89. The Hall–Kier alpha value is -2.35. The van der Waals surface area contributed by atoms with E-state index >= 15 is 0 Å². The minimum absolute atomic E-state index is 0.0273. The van der Waals surface area contributed by atoms with Crippen LogP contribution in [0.3, 0.4) is 0 Å². The number of nitrogens with one attached hydrogen (secondary N) is 1. The fourth-order valence-electron chi connectivity index (χ4n) is 2.44. The maximum absolute atomic E-state index is 13.3. The van der Waals surface area contributed by atoms with Crippen molar-refractivity contribution in [1.29, 1.82) is 0 Å². The fourth-order valence-corrected chi connectivity index (χ4v) is 2.56. The summed E-state index contributed by atoms with van der Waals surface area (Å²) in [5.74, 6) is -0.820. The van der Waals surface area contributed by atoms with Crippen LogP contribution in [0, 0.1) is 5.82 Å². The highest BCUT2D eigenvalue weighted by Crippen LogP contribution is 2.20. The van der Waals surface area contributed by atoms with Gasteiger partial charge in [0.2, 0.25) is 0 Å². The lowest BCUT2D eigenvalue weighted by Crippen LogP contribution is -2.50. The first-order valence-electron chi connectivity index (χ1n) is 7.72. The van der Waals surface area contributed by atoms with Crippen molar-refractivity contribution in [3.05, 3.63) is 29.0 Å². The molecule has 1 atom stereocenters. The molecule has 1 saturated heterocycles. The van der Waals surface area contributed by atoms with Gasteiger partial charge in [-0.2, -0.15) is 0 Å². The number of nitrogens with zero attached hydrogens (tertiary/aromatic N) is 1. The van der Waals surface area contributed by atoms with E-state index in [1.54, 1.807) is 0 Å². The smallest absolute Gasteiger partial charge is 0.410 e. The van der Waals surface area contributed by atoms with Gasteiger partial charge in [0.1, 0.15) is 18.2 Å². The van der Waals surface area contributed by atoms with E-state index in [4.69, 9.17) is 21.1 Å². The molecule has 2 amide bonds. The lowest BCUT2D eigenvalue weighted by atomic mass is 10.1. The topological polar surface area (TPSA) is 84.9 Å². The molecule has 0 saturated carbocycles. The lowest BCUT2D eigenvalue weighted by molar-refractivity contribution is -0.124. The molecule has 0 radical (unpaired) electrons. The Kier molecular flexibility index (Phi) is 7.00. The highest BCUT2D eigenvalue weighted by atomic mass is 35.5. The van der Waals surface area contributed by atoms with Crippen LogP contribution in [0.1, 0.15) is 12.8 Å². The average molecular weight is 373 g/mol. The van der Waals surface area contributed by atoms with Gasteiger partial charge in [-0.3, -0.25) is 9.59 Å². The van der Waals surface area contributed by atoms with E-state index in [-0.39, 0.29) is 35.9 Å². The molecule has 0 aromatic heterocycles. The number of carbonyl (C=O) groups excluding carboxylic acids is 3. The van der Waals surface area contributed by atoms with Crippen molar-refractivity contribution in [2.75, 3.05) is 26.3 Å². The first-order valence-corrected chi connectivity index (χ1v) is 8.10. The van der Waals surface area contributed by atoms with Crippen molar-refractivity contribution >= 4 is 29.9 Å². The second-order valence-corrected chi connectivity index (χ2v) is 5.87. The molecule has 1 N–H and O–H groups in total. The molecule has 2 rings (SSSR count). The van der Waals surface area contributed by atoms with Gasteiger partial charge < -0.3 is 19.7 Å². The lowest BCUT2D eigenvalue weighted by Gasteiger charge is -2.32. The molecule has 1 aliphatic heterocycles. The first kappa shape index (κ1) is 19.0. The summed E-state index contributed by atoms with van der Waals surface area (Å²) < 4.78 is 23.3. The van der Waals surface area contributed by atoms with Gasteiger partial charge in [0.25, 0.3) is 5.91 Å². The van der Waals surface area contributed by atoms with Crippen LogP contribution in [-0.2, 0) is 14.3 Å². The molecule has 1 aliphatic rings. The number of benzene rings is 1. The van der Waals surface area contributed by atoms with E-state index in [1.807, 2.05) is 0 Å². The largest absolute Gasteiger partial charge is 0.484 e. The summed E-state index contributed by atoms with van der Waals surface area (Å²) in [6.07, 6.45) is 1.32. The number of carbonyl (C=O) groups is 3. The van der Waals surface area contributed by atoms with Gasteiger partial charge >= 0.3 is 6.09 Å². The number of rotatable bonds is 6. The van der Waals surface area contributed by atoms with Gasteiger partial charge in [-0.05, 0) is 25.0 Å². The van der Waals surface area contributed by atoms with E-state index in [1.165, 1.54) is 17.0 Å². The molecule has 1 fully saturated rings. The molecule has 1 aromatic rings. The van der Waals surface area contributed by atoms with Gasteiger partial charge in [-0.1, -0.05) is 11.6 Å². The summed E-state index contributed by atoms with van der Waals surface area (Å²) in [6, 6.07) is 3.66. The van der Waals surface area contributed by atoms with Crippen molar-refractivity contribution < 1.29 is 28.2 Å². The van der Waals surface area contributed by atoms with E-state index in [0.29, 0.717) is 32.2 Å². The summed E-state index contributed by atoms with van der Waals surface area (Å²) in [7, 11) is 0. The maximum Gasteiger partial charge on any atom is 0.410 e. The van der Waals surface area contributed by atoms with E-state index in [9.17, 15) is 18.8 Å². The predicted octanol–water partition coefficient (Wildman–Crippen LogP) is 1.77. The molecule has 1 heterocycles. The molecule has 0 spiro atoms. The van der Waals surface area contributed by atoms with E-state index in [0.717, 1.165) is 6.07 Å². The number of hydrogen-bond donors (Lipinski definition) is 1. The predicted molar refractivity (Wildman–Crippen MR) is 87.1 cm³/mol. The number of piperidine rings is 1. The number of likely N-dealkylation sites (tertiary alicyclic amines) is 1. The number of amides is 2. The van der Waals surface area contributed by atoms with Crippen molar-refractivity contribution in [3.63, 3.8) is 0 Å². The standard InChI is InChI=1S/C16H18ClFN2O5/c17-13-4-3-12(8-14(13)18)25-10-15(22)19-11-2-1-5-20(9-11)16(23)24-7-6-21/h3-4,6,8,11H,1-2,5,7,9-10H2,(H,19,22)/t11-/m0/s1. The Bertz CT molecular complexity index is 643. The zero-order valence-corrected chi connectivity index (χ0v) is 14.1. The number of hydrogen-bond acceptors (Lipinski definition) is 5. The molecule has 0 unspecified atom stereocenters. The summed E-state index contributed by atoms with van der Waals surface area (Å²) >= 11 is 5.57. The molecule has 25 heavy (non-hydrogen) atoms. The Labute approximate surface area is 149 Å². The summed E-state index contributed by atoms with van der Waals surface area (Å²) in [5, 5.41) is 2.73. The normalized spacial score (nSPS) is 16.9. The Morgan fingerprint density at radius 2 is 2.24 bits per heavy atom. The van der Waals surface area contributed by atoms with Crippen LogP contribution >= 0.6 is 11.6 Å². The van der Waals surface area contributed by atoms with Crippen LogP contribution in [0.5, 0.6) is 5.75 Å². The van der Waals surface area contributed by atoms with E-state index in [2.05, 4.69) is 5.32 Å². The highest BCUT2D eigenvalue weighted by molar-refractivity contribution is 6.30. The molecule has 9 heteroatoms. The average Bonchev–Trinajstić information content (AvgIpc) is 2.61. The van der Waals surface area contributed by atoms with Gasteiger partial charge in [0, 0.05) is 25.2 Å². The Morgan fingerprint density at radius 3 is 2.96 bits per heavy atom. The summed E-state index contributed by atoms with van der Waals surface area (Å²) in [6.45, 7) is 0.217. The Morgan fingerprint density at radius 1 is 1.44 bits per heavy atom. The quantitative estimate of drug-likeness (QED) is 0.769. The van der Waals surface area contributed by atoms with Crippen LogP contribution in [-0.4, -0.2) is 55.5 Å². The third kappa shape index (κ3) is 5.90. The van der Waals surface area contributed by atoms with Gasteiger partial charge in [0.05, 0.1) is 5.02 Å². The van der Waals surface area contributed by atoms with Gasteiger partial charge in [0.15, 0.2) is 12.9 Å². The number of ether oxygens (including phenoxy) is 2. The molecular formula is C16H18ClFN2O5. The van der Waals surface area contributed by atoms with Crippen molar-refractivity contribution in [1.82, 2.24) is 10.2 Å². The minimum atomic E-state index is -0.628. The van der Waals surface area contributed by atoms with Crippen LogP contribution in [0.25, 0.3) is 0 Å². The fraction of sp³-hybridized carbons (Fsp3) is 0.438. The van der Waals surface area contributed by atoms with Crippen molar-refractivity contribution in [3.8, 4) is 5.75 Å². The zero-order valence-electron chi connectivity index (χ0n) is 13.4. The molecule has 136 valence electrons. The van der Waals surface area contributed by atoms with Crippen molar-refractivity contribution in [2.24, 2.45) is 0 Å². The zero-order chi connectivity index (χ0) is 18.2. The number of halogens is 2. The second kappa shape index (κ2) is 9.22. The number of aldehydes is 1. The summed E-state index contributed by atoms with van der Waals surface area (Å²) in [5.41, 5.74) is 0. The summed E-state index contributed by atoms with van der Waals surface area (Å²) in [4.78, 5) is 35.3. The van der Waals surface area contributed by atoms with E-state index < -0.39 is 11.9 Å². The minimum Gasteiger partial charge on any atom is -0.484 e. The third-order valence-electron chi connectivity index (χ3n) is 3.58.